The fraction of sp³-hybridized carbons (Fsp3) is 0.333. The van der Waals surface area contributed by atoms with Gasteiger partial charge in [-0.25, -0.2) is 4.79 Å². The fourth-order valence-electron chi connectivity index (χ4n) is 8.14. The second-order valence-corrected chi connectivity index (χ2v) is 15.1. The number of carbonyl (C=O) groups is 6. The van der Waals surface area contributed by atoms with E-state index in [0.717, 1.165) is 67.7 Å². The maximum Gasteiger partial charge on any atom is 0.323 e. The van der Waals surface area contributed by atoms with Gasteiger partial charge in [-0.05, 0) is 97.5 Å². The van der Waals surface area contributed by atoms with Gasteiger partial charge >= 0.3 is 6.03 Å². The van der Waals surface area contributed by atoms with Crippen LogP contribution >= 0.6 is 0 Å². The van der Waals surface area contributed by atoms with Crippen molar-refractivity contribution in [3.05, 3.63) is 96.2 Å². The first kappa shape index (κ1) is 37.4. The minimum absolute atomic E-state index is 0.163. The van der Waals surface area contributed by atoms with Gasteiger partial charge < -0.3 is 35.6 Å². The highest BCUT2D eigenvalue weighted by atomic mass is 16.2. The van der Waals surface area contributed by atoms with Crippen molar-refractivity contribution in [2.24, 2.45) is 5.92 Å². The van der Waals surface area contributed by atoms with Gasteiger partial charge in [-0.15, -0.1) is 0 Å². The number of amides is 7. The van der Waals surface area contributed by atoms with Gasteiger partial charge in [0.2, 0.25) is 23.6 Å². The lowest BCUT2D eigenvalue weighted by Gasteiger charge is -2.39. The molecule has 294 valence electrons. The molecule has 0 radical (unpaired) electrons. The van der Waals surface area contributed by atoms with Gasteiger partial charge in [0.1, 0.15) is 6.04 Å². The lowest BCUT2D eigenvalue weighted by molar-refractivity contribution is -0.137. The van der Waals surface area contributed by atoms with Gasteiger partial charge in [0.25, 0.3) is 5.91 Å². The third kappa shape index (κ3) is 8.68. The summed E-state index contributed by atoms with van der Waals surface area (Å²) in [4.78, 5) is 86.4. The third-order valence-corrected chi connectivity index (χ3v) is 11.3. The Balaban J connectivity index is 0.732. The number of imide groups is 1. The quantitative estimate of drug-likeness (QED) is 0.125. The number of piperidine rings is 2. The summed E-state index contributed by atoms with van der Waals surface area (Å²) in [6, 6.07) is 19.1. The number of likely N-dealkylation sites (tertiary alicyclic amines) is 1. The van der Waals surface area contributed by atoms with Crippen LogP contribution in [0.3, 0.4) is 0 Å². The van der Waals surface area contributed by atoms with Crippen molar-refractivity contribution in [2.45, 2.75) is 38.3 Å². The Morgan fingerprint density at radius 3 is 2.23 bits per heavy atom. The van der Waals surface area contributed by atoms with Gasteiger partial charge in [0.05, 0.1) is 0 Å². The number of nitrogens with one attached hydrogen (secondary N) is 5. The summed E-state index contributed by atoms with van der Waals surface area (Å²) in [5, 5.41) is 11.7. The Labute approximate surface area is 329 Å². The molecule has 4 aromatic rings. The van der Waals surface area contributed by atoms with E-state index in [4.69, 9.17) is 0 Å². The zero-order valence-corrected chi connectivity index (χ0v) is 31.5. The minimum Gasteiger partial charge on any atom is -0.369 e. The van der Waals surface area contributed by atoms with Crippen LogP contribution in [-0.4, -0.2) is 107 Å². The number of H-pyrrole nitrogens is 1. The van der Waals surface area contributed by atoms with Crippen molar-refractivity contribution in [3.8, 4) is 0 Å². The standard InChI is InChI=1S/C42H45N9O6/c52-37(44-30-1-3-31(4-2-30)45-42(57)46-32-5-8-35-28(23-32)13-16-43-35)11-12-39(54)50-17-14-27(15-18-50)25-48-19-21-49(22-20-48)33-6-7-34-29(24-33)26-51(41(34)56)36-9-10-38(53)47-40(36)55/h1-8,11-13,16,23-24,27,36,43H,9-10,14-15,17-22,25-26H2,(H,44,52)(H2,45,46,57)(H,47,53,55)/b12-11+. The third-order valence-electron chi connectivity index (χ3n) is 11.3. The molecule has 4 aliphatic heterocycles. The summed E-state index contributed by atoms with van der Waals surface area (Å²) in [7, 11) is 0. The van der Waals surface area contributed by atoms with E-state index in [9.17, 15) is 28.8 Å². The zero-order chi connectivity index (χ0) is 39.5. The second kappa shape index (κ2) is 16.3. The van der Waals surface area contributed by atoms with Crippen LogP contribution in [-0.2, 0) is 25.7 Å². The Morgan fingerprint density at radius 2 is 1.47 bits per heavy atom. The molecule has 1 atom stereocenters. The molecule has 57 heavy (non-hydrogen) atoms. The smallest absolute Gasteiger partial charge is 0.323 e. The number of fused-ring (bicyclic) bond motifs is 2. The number of urea groups is 1. The second-order valence-electron chi connectivity index (χ2n) is 15.1. The molecule has 7 amide bonds. The summed E-state index contributed by atoms with van der Waals surface area (Å²) >= 11 is 0. The number of nitrogens with zero attached hydrogens (tertiary/aromatic N) is 4. The summed E-state index contributed by atoms with van der Waals surface area (Å²) < 4.78 is 0. The van der Waals surface area contributed by atoms with Crippen molar-refractivity contribution >= 4 is 69.2 Å². The summed E-state index contributed by atoms with van der Waals surface area (Å²) in [5.74, 6) is -0.983. The molecule has 15 nitrogen and oxygen atoms in total. The molecule has 3 aromatic carbocycles. The van der Waals surface area contributed by atoms with Crippen LogP contribution < -0.4 is 26.2 Å². The monoisotopic (exact) mass is 771 g/mol. The topological polar surface area (TPSA) is 179 Å². The van der Waals surface area contributed by atoms with Gasteiger partial charge in [-0.3, -0.25) is 34.2 Å². The summed E-state index contributed by atoms with van der Waals surface area (Å²) in [6.07, 6.45) is 6.79. The molecule has 1 unspecified atom stereocenters. The lowest BCUT2D eigenvalue weighted by Crippen LogP contribution is -2.52. The van der Waals surface area contributed by atoms with E-state index in [0.29, 0.717) is 54.6 Å². The predicted octanol–water partition coefficient (Wildman–Crippen LogP) is 4.13. The SMILES string of the molecule is O=C(/C=C/C(=O)N1CCC(CN2CCN(c3ccc4c(c3)CN(C3CCC(=O)NC3=O)C4=O)CC2)CC1)Nc1ccc(NC(=O)Nc2ccc3[nH]ccc3c2)cc1. The van der Waals surface area contributed by atoms with E-state index in [1.54, 1.807) is 34.1 Å². The molecule has 5 heterocycles. The number of rotatable bonds is 9. The van der Waals surface area contributed by atoms with Gasteiger partial charge in [0, 0.05) is 116 Å². The van der Waals surface area contributed by atoms with E-state index in [1.165, 1.54) is 12.2 Å². The fourth-order valence-corrected chi connectivity index (χ4v) is 8.14. The Hall–Kier alpha value is -6.48. The highest BCUT2D eigenvalue weighted by Crippen LogP contribution is 2.31. The number of hydrogen-bond donors (Lipinski definition) is 5. The first-order valence-corrected chi connectivity index (χ1v) is 19.4. The minimum atomic E-state index is -0.621. The Bertz CT molecular complexity index is 2240. The molecule has 15 heteroatoms. The molecule has 0 bridgehead atoms. The van der Waals surface area contributed by atoms with Crippen LogP contribution in [0.4, 0.5) is 27.5 Å². The van der Waals surface area contributed by atoms with Crippen LogP contribution in [0.1, 0.15) is 41.6 Å². The molecule has 3 fully saturated rings. The predicted molar refractivity (Wildman–Crippen MR) is 216 cm³/mol. The summed E-state index contributed by atoms with van der Waals surface area (Å²) in [5.41, 5.74) is 5.33. The van der Waals surface area contributed by atoms with Crippen LogP contribution in [0, 0.1) is 5.92 Å². The van der Waals surface area contributed by atoms with E-state index in [1.807, 2.05) is 42.6 Å². The van der Waals surface area contributed by atoms with Crippen LogP contribution in [0.15, 0.2) is 85.1 Å². The first-order chi connectivity index (χ1) is 27.6. The van der Waals surface area contributed by atoms with Crippen molar-refractivity contribution < 1.29 is 28.8 Å². The molecule has 8 rings (SSSR count). The molecular formula is C42H45N9O6. The van der Waals surface area contributed by atoms with Gasteiger partial charge in [0.15, 0.2) is 0 Å². The number of piperazine rings is 1. The van der Waals surface area contributed by atoms with Crippen molar-refractivity contribution in [1.82, 2.24) is 25.0 Å². The van der Waals surface area contributed by atoms with Crippen molar-refractivity contribution in [2.75, 3.05) is 66.7 Å². The number of anilines is 4. The molecule has 0 spiro atoms. The van der Waals surface area contributed by atoms with Gasteiger partial charge in [-0.2, -0.15) is 0 Å². The number of benzene rings is 3. The van der Waals surface area contributed by atoms with Crippen LogP contribution in [0.2, 0.25) is 0 Å². The molecule has 4 aliphatic rings. The number of aromatic nitrogens is 1. The van der Waals surface area contributed by atoms with E-state index in [-0.39, 0.29) is 30.2 Å². The zero-order valence-electron chi connectivity index (χ0n) is 31.5. The van der Waals surface area contributed by atoms with E-state index >= 15 is 0 Å². The van der Waals surface area contributed by atoms with Crippen LogP contribution in [0.25, 0.3) is 10.9 Å². The lowest BCUT2D eigenvalue weighted by atomic mass is 9.95. The molecule has 5 N–H and O–H groups in total. The maximum atomic E-state index is 13.1. The molecule has 0 saturated carbocycles. The number of hydrogen-bond acceptors (Lipinski definition) is 8. The Morgan fingerprint density at radius 1 is 0.754 bits per heavy atom. The Kier molecular flexibility index (Phi) is 10.7. The average molecular weight is 772 g/mol. The molecule has 1 aromatic heterocycles. The largest absolute Gasteiger partial charge is 0.369 e. The molecule has 0 aliphatic carbocycles. The summed E-state index contributed by atoms with van der Waals surface area (Å²) in [6.45, 7) is 6.16. The first-order valence-electron chi connectivity index (χ1n) is 19.4. The van der Waals surface area contributed by atoms with E-state index in [2.05, 4.69) is 42.1 Å². The van der Waals surface area contributed by atoms with Gasteiger partial charge in [-0.1, -0.05) is 0 Å². The number of carbonyl (C=O) groups excluding carboxylic acids is 6. The maximum absolute atomic E-state index is 13.1. The van der Waals surface area contributed by atoms with Crippen molar-refractivity contribution in [3.63, 3.8) is 0 Å². The highest BCUT2D eigenvalue weighted by molar-refractivity contribution is 6.06. The normalized spacial score (nSPS) is 19.2. The highest BCUT2D eigenvalue weighted by Gasteiger charge is 2.39. The number of aromatic amines is 1. The van der Waals surface area contributed by atoms with Crippen molar-refractivity contribution in [1.29, 1.82) is 0 Å². The average Bonchev–Trinajstić information content (AvgIpc) is 3.81. The molecular weight excluding hydrogens is 727 g/mol. The van der Waals surface area contributed by atoms with Crippen LogP contribution in [0.5, 0.6) is 0 Å². The molecule has 3 saturated heterocycles. The van der Waals surface area contributed by atoms with E-state index < -0.39 is 17.9 Å².